The lowest BCUT2D eigenvalue weighted by Crippen LogP contribution is -2.27. The van der Waals surface area contributed by atoms with Crippen molar-refractivity contribution >= 4 is 31.6 Å². The summed E-state index contributed by atoms with van der Waals surface area (Å²) < 4.78 is 40.7. The van der Waals surface area contributed by atoms with Gasteiger partial charge in [0.25, 0.3) is 0 Å². The summed E-state index contributed by atoms with van der Waals surface area (Å²) in [6, 6.07) is 2.21. The number of rotatable bonds is 5. The highest BCUT2D eigenvalue weighted by atomic mass is 79.9. The van der Waals surface area contributed by atoms with Gasteiger partial charge in [0.2, 0.25) is 10.0 Å². The van der Waals surface area contributed by atoms with Crippen LogP contribution in [-0.4, -0.2) is 15.0 Å². The quantitative estimate of drug-likeness (QED) is 0.788. The maximum atomic E-state index is 13.7. The van der Waals surface area contributed by atoms with Gasteiger partial charge in [0, 0.05) is 16.7 Å². The predicted octanol–water partition coefficient (Wildman–Crippen LogP) is 3.03. The number of sulfonamides is 1. The molecule has 4 nitrogen and oxygen atoms in total. The van der Waals surface area contributed by atoms with E-state index in [-0.39, 0.29) is 5.69 Å². The van der Waals surface area contributed by atoms with Crippen LogP contribution in [0, 0.1) is 11.7 Å². The van der Waals surface area contributed by atoms with Crippen molar-refractivity contribution in [2.45, 2.75) is 37.0 Å². The van der Waals surface area contributed by atoms with E-state index in [2.05, 4.69) is 20.7 Å². The summed E-state index contributed by atoms with van der Waals surface area (Å²) in [6.07, 6.45) is 5.54. The number of benzene rings is 1. The maximum Gasteiger partial charge on any atom is 0.243 e. The minimum atomic E-state index is -3.85. The number of hydrogen-bond acceptors (Lipinski definition) is 3. The molecule has 0 aromatic heterocycles. The van der Waals surface area contributed by atoms with Gasteiger partial charge in [0.05, 0.1) is 0 Å². The van der Waals surface area contributed by atoms with E-state index in [1.165, 1.54) is 12.8 Å². The molecule has 0 aliphatic heterocycles. The lowest BCUT2D eigenvalue weighted by molar-refractivity contribution is 0.494. The fourth-order valence-corrected chi connectivity index (χ4v) is 3.98. The van der Waals surface area contributed by atoms with Gasteiger partial charge in [-0.1, -0.05) is 25.7 Å². The van der Waals surface area contributed by atoms with Crippen LogP contribution in [0.3, 0.4) is 0 Å². The Kier molecular flexibility index (Phi) is 5.04. The fourth-order valence-electron chi connectivity index (χ4n) is 2.52. The van der Waals surface area contributed by atoms with Crippen LogP contribution in [-0.2, 0) is 10.0 Å². The average Bonchev–Trinajstić information content (AvgIpc) is 2.86. The van der Waals surface area contributed by atoms with Crippen molar-refractivity contribution < 1.29 is 12.8 Å². The Balaban J connectivity index is 2.04. The van der Waals surface area contributed by atoms with Gasteiger partial charge >= 0.3 is 0 Å². The van der Waals surface area contributed by atoms with Gasteiger partial charge in [0.15, 0.2) is 0 Å². The van der Waals surface area contributed by atoms with Crippen molar-refractivity contribution in [2.75, 3.05) is 12.3 Å². The van der Waals surface area contributed by atoms with Crippen LogP contribution in [0.15, 0.2) is 21.5 Å². The SMILES string of the molecule is Nc1cc(S(=O)(=O)NCCC2CCCC2)c(F)cc1Br. The molecule has 0 radical (unpaired) electrons. The highest BCUT2D eigenvalue weighted by Crippen LogP contribution is 2.28. The van der Waals surface area contributed by atoms with Crippen LogP contribution in [0.25, 0.3) is 0 Å². The highest BCUT2D eigenvalue weighted by molar-refractivity contribution is 9.10. The molecule has 0 atom stereocenters. The van der Waals surface area contributed by atoms with Crippen molar-refractivity contribution in [1.29, 1.82) is 0 Å². The van der Waals surface area contributed by atoms with E-state index in [1.807, 2.05) is 0 Å². The monoisotopic (exact) mass is 364 g/mol. The largest absolute Gasteiger partial charge is 0.398 e. The molecule has 20 heavy (non-hydrogen) atoms. The molecular weight excluding hydrogens is 347 g/mol. The molecule has 2 rings (SSSR count). The van der Waals surface area contributed by atoms with Crippen molar-refractivity contribution in [3.63, 3.8) is 0 Å². The summed E-state index contributed by atoms with van der Waals surface area (Å²) in [7, 11) is -3.85. The molecule has 7 heteroatoms. The zero-order valence-corrected chi connectivity index (χ0v) is 13.4. The zero-order chi connectivity index (χ0) is 14.8. The summed E-state index contributed by atoms with van der Waals surface area (Å²) >= 11 is 3.06. The lowest BCUT2D eigenvalue weighted by Gasteiger charge is -2.11. The molecule has 0 saturated heterocycles. The van der Waals surface area contributed by atoms with E-state index in [0.717, 1.165) is 31.4 Å². The molecule has 1 fully saturated rings. The molecular formula is C13H18BrFN2O2S. The van der Waals surface area contributed by atoms with E-state index >= 15 is 0 Å². The molecule has 1 aliphatic rings. The number of anilines is 1. The predicted molar refractivity (Wildman–Crippen MR) is 80.3 cm³/mol. The zero-order valence-electron chi connectivity index (χ0n) is 11.0. The minimum absolute atomic E-state index is 0.197. The summed E-state index contributed by atoms with van der Waals surface area (Å²) in [5.74, 6) is -0.225. The van der Waals surface area contributed by atoms with Crippen LogP contribution >= 0.6 is 15.9 Å². The Hall–Kier alpha value is -0.660. The lowest BCUT2D eigenvalue weighted by atomic mass is 10.1. The minimum Gasteiger partial charge on any atom is -0.398 e. The fraction of sp³-hybridized carbons (Fsp3) is 0.538. The molecule has 0 unspecified atom stereocenters. The first-order valence-corrected chi connectivity index (χ1v) is 8.92. The smallest absolute Gasteiger partial charge is 0.243 e. The van der Waals surface area contributed by atoms with Crippen molar-refractivity contribution in [1.82, 2.24) is 4.72 Å². The van der Waals surface area contributed by atoms with E-state index in [0.29, 0.717) is 16.9 Å². The van der Waals surface area contributed by atoms with Gasteiger partial charge in [-0.05, 0) is 40.4 Å². The van der Waals surface area contributed by atoms with E-state index in [1.54, 1.807) is 0 Å². The molecule has 0 spiro atoms. The molecule has 3 N–H and O–H groups in total. The summed E-state index contributed by atoms with van der Waals surface area (Å²) in [6.45, 7) is 0.336. The first-order valence-electron chi connectivity index (χ1n) is 6.64. The molecule has 112 valence electrons. The van der Waals surface area contributed by atoms with Crippen molar-refractivity contribution in [2.24, 2.45) is 5.92 Å². The maximum absolute atomic E-state index is 13.7. The Morgan fingerprint density at radius 2 is 2.00 bits per heavy atom. The molecule has 0 heterocycles. The molecule has 1 aromatic rings. The van der Waals surface area contributed by atoms with E-state index < -0.39 is 20.7 Å². The topological polar surface area (TPSA) is 72.2 Å². The van der Waals surface area contributed by atoms with Crippen molar-refractivity contribution in [3.05, 3.63) is 22.4 Å². The third kappa shape index (κ3) is 3.71. The Labute approximate surface area is 127 Å². The van der Waals surface area contributed by atoms with Crippen molar-refractivity contribution in [3.8, 4) is 0 Å². The van der Waals surface area contributed by atoms with Gasteiger partial charge in [0.1, 0.15) is 10.7 Å². The Morgan fingerprint density at radius 3 is 2.65 bits per heavy atom. The van der Waals surface area contributed by atoms with E-state index in [4.69, 9.17) is 5.73 Å². The van der Waals surface area contributed by atoms with Gasteiger partial charge < -0.3 is 5.73 Å². The number of halogens is 2. The molecule has 1 saturated carbocycles. The highest BCUT2D eigenvalue weighted by Gasteiger charge is 2.21. The third-order valence-electron chi connectivity index (χ3n) is 3.66. The second-order valence-corrected chi connectivity index (χ2v) is 7.73. The first kappa shape index (κ1) is 15.7. The standard InChI is InChI=1S/C13H18BrFN2O2S/c14-10-7-11(15)13(8-12(10)16)20(18,19)17-6-5-9-3-1-2-4-9/h7-9,17H,1-6,16H2. The number of nitrogen functional groups attached to an aromatic ring is 1. The Bertz CT molecular complexity index is 586. The third-order valence-corrected chi connectivity index (χ3v) is 5.82. The summed E-state index contributed by atoms with van der Waals surface area (Å²) in [5.41, 5.74) is 5.81. The van der Waals surface area contributed by atoms with Crippen LogP contribution in [0.1, 0.15) is 32.1 Å². The average molecular weight is 365 g/mol. The molecule has 1 aromatic carbocycles. The normalized spacial score (nSPS) is 16.7. The van der Waals surface area contributed by atoms with Gasteiger partial charge in [-0.15, -0.1) is 0 Å². The van der Waals surface area contributed by atoms with Crippen LogP contribution in [0.5, 0.6) is 0 Å². The van der Waals surface area contributed by atoms with Crippen LogP contribution in [0.4, 0.5) is 10.1 Å². The molecule has 0 bridgehead atoms. The van der Waals surface area contributed by atoms with Crippen LogP contribution < -0.4 is 10.5 Å². The van der Waals surface area contributed by atoms with Gasteiger partial charge in [-0.3, -0.25) is 0 Å². The first-order chi connectivity index (χ1) is 9.40. The summed E-state index contributed by atoms with van der Waals surface area (Å²) in [4.78, 5) is -0.398. The number of hydrogen-bond donors (Lipinski definition) is 2. The van der Waals surface area contributed by atoms with Gasteiger partial charge in [-0.25, -0.2) is 17.5 Å². The van der Waals surface area contributed by atoms with E-state index in [9.17, 15) is 12.8 Å². The second-order valence-electron chi connectivity index (χ2n) is 5.14. The molecule has 0 amide bonds. The number of nitrogens with two attached hydrogens (primary N) is 1. The van der Waals surface area contributed by atoms with Gasteiger partial charge in [-0.2, -0.15) is 0 Å². The number of nitrogens with one attached hydrogen (secondary N) is 1. The summed E-state index contributed by atoms with van der Waals surface area (Å²) in [5, 5.41) is 0. The molecule has 1 aliphatic carbocycles. The van der Waals surface area contributed by atoms with Crippen LogP contribution in [0.2, 0.25) is 0 Å². The second kappa shape index (κ2) is 6.41. The Morgan fingerprint density at radius 1 is 1.35 bits per heavy atom.